The summed E-state index contributed by atoms with van der Waals surface area (Å²) in [5.41, 5.74) is 5.82. The highest BCUT2D eigenvalue weighted by Gasteiger charge is 2.42. The molecule has 3 fully saturated rings. The fourth-order valence-electron chi connectivity index (χ4n) is 6.83. The molecule has 1 N–H and O–H groups in total. The normalized spacial score (nSPS) is 22.5. The zero-order valence-electron chi connectivity index (χ0n) is 23.9. The van der Waals surface area contributed by atoms with Gasteiger partial charge in [0.05, 0.1) is 11.8 Å². The van der Waals surface area contributed by atoms with Crippen LogP contribution in [0.4, 0.5) is 5.13 Å². The number of amides is 1. The average Bonchev–Trinajstić information content (AvgIpc) is 3.58. The highest BCUT2D eigenvalue weighted by molar-refractivity contribution is 7.14. The van der Waals surface area contributed by atoms with Gasteiger partial charge in [-0.25, -0.2) is 4.98 Å². The molecule has 2 aliphatic heterocycles. The number of piperidine rings is 2. The Kier molecular flexibility index (Phi) is 8.01. The molecule has 2 saturated heterocycles. The van der Waals surface area contributed by atoms with Crippen molar-refractivity contribution in [2.24, 2.45) is 23.7 Å². The van der Waals surface area contributed by atoms with Gasteiger partial charge in [0.15, 0.2) is 5.13 Å². The molecule has 8 heteroatoms. The summed E-state index contributed by atoms with van der Waals surface area (Å²) in [5.74, 6) is 2.45. The number of carbonyl (C=O) groups is 1. The van der Waals surface area contributed by atoms with Crippen LogP contribution in [0.25, 0.3) is 11.3 Å². The van der Waals surface area contributed by atoms with Crippen molar-refractivity contribution < 1.29 is 14.6 Å². The maximum Gasteiger partial charge on any atom is 0.253 e. The minimum atomic E-state index is 0.0331. The van der Waals surface area contributed by atoms with E-state index in [1.54, 1.807) is 11.3 Å². The molecule has 0 spiro atoms. The van der Waals surface area contributed by atoms with Crippen LogP contribution < -0.4 is 9.64 Å². The van der Waals surface area contributed by atoms with E-state index in [0.717, 1.165) is 64.8 Å². The fourth-order valence-corrected chi connectivity index (χ4v) is 7.68. The lowest BCUT2D eigenvalue weighted by atomic mass is 9.86. The Morgan fingerprint density at radius 3 is 2.54 bits per heavy atom. The van der Waals surface area contributed by atoms with E-state index in [2.05, 4.69) is 35.4 Å². The summed E-state index contributed by atoms with van der Waals surface area (Å²) >= 11 is 1.69. The predicted octanol–water partition coefficient (Wildman–Crippen LogP) is 5.84. The smallest absolute Gasteiger partial charge is 0.253 e. The Morgan fingerprint density at radius 1 is 1.10 bits per heavy atom. The van der Waals surface area contributed by atoms with Crippen LogP contribution in [0.3, 0.4) is 0 Å². The monoisotopic (exact) mass is 570 g/mol. The van der Waals surface area contributed by atoms with Gasteiger partial charge in [0.25, 0.3) is 5.91 Å². The van der Waals surface area contributed by atoms with Gasteiger partial charge < -0.3 is 19.6 Å². The van der Waals surface area contributed by atoms with E-state index in [1.165, 1.54) is 12.8 Å². The first-order chi connectivity index (χ1) is 19.9. The number of aliphatic hydroxyl groups excluding tert-OH is 1. The molecule has 0 radical (unpaired) electrons. The minimum absolute atomic E-state index is 0.0331. The summed E-state index contributed by atoms with van der Waals surface area (Å²) in [5, 5.41) is 22.1. The lowest BCUT2D eigenvalue weighted by molar-refractivity contribution is 0.0707. The second kappa shape index (κ2) is 11.8. The van der Waals surface area contributed by atoms with Gasteiger partial charge in [-0.15, -0.1) is 11.3 Å². The number of fused-ring (bicyclic) bond motifs is 2. The Labute approximate surface area is 246 Å². The molecule has 6 rings (SSSR count). The van der Waals surface area contributed by atoms with Gasteiger partial charge in [-0.3, -0.25) is 4.79 Å². The first-order valence-corrected chi connectivity index (χ1v) is 15.6. The van der Waals surface area contributed by atoms with E-state index in [9.17, 15) is 9.90 Å². The number of likely N-dealkylation sites (tertiary alicyclic amines) is 1. The lowest BCUT2D eigenvalue weighted by Gasteiger charge is -2.37. The molecule has 0 unspecified atom stereocenters. The zero-order valence-corrected chi connectivity index (χ0v) is 24.7. The second-order valence-electron chi connectivity index (χ2n) is 12.0. The topological polar surface area (TPSA) is 89.7 Å². The van der Waals surface area contributed by atoms with Gasteiger partial charge in [0, 0.05) is 55.2 Å². The quantitative estimate of drug-likeness (QED) is 0.384. The summed E-state index contributed by atoms with van der Waals surface area (Å²) in [6.45, 7) is 8.03. The molecule has 1 aliphatic carbocycles. The molecule has 3 aliphatic rings. The highest BCUT2D eigenvalue weighted by atomic mass is 32.1. The number of thiazole rings is 1. The standard InChI is InChI=1S/C33H38N4O3S/c1-21-3-8-31(28(13-21)30-20-41-33(35-30)37-16-25-5-6-26(17-37)29(25)18-38)40-19-27-7-4-24(14-22(27)2)32(39)36-11-9-23(15-34)10-12-36/h3-4,7-8,13-14,20,23,25-26,29,38H,5-6,9-12,16-19H2,1-2H3/t25-,26+,29+. The predicted molar refractivity (Wildman–Crippen MR) is 161 cm³/mol. The van der Waals surface area contributed by atoms with Gasteiger partial charge >= 0.3 is 0 Å². The second-order valence-corrected chi connectivity index (χ2v) is 12.8. The van der Waals surface area contributed by atoms with Crippen LogP contribution in [-0.2, 0) is 6.61 Å². The molecule has 41 heavy (non-hydrogen) atoms. The number of anilines is 1. The lowest BCUT2D eigenvalue weighted by Crippen LogP contribution is -2.43. The number of benzene rings is 2. The number of hydrogen-bond acceptors (Lipinski definition) is 7. The van der Waals surface area contributed by atoms with Gasteiger partial charge in [-0.05, 0) is 92.7 Å². The first-order valence-electron chi connectivity index (χ1n) is 14.8. The van der Waals surface area contributed by atoms with Crippen LogP contribution in [0.5, 0.6) is 5.75 Å². The summed E-state index contributed by atoms with van der Waals surface area (Å²) in [4.78, 5) is 22.4. The van der Waals surface area contributed by atoms with Crippen LogP contribution in [-0.4, -0.2) is 53.7 Å². The van der Waals surface area contributed by atoms with E-state index in [4.69, 9.17) is 15.0 Å². The average molecular weight is 571 g/mol. The Bertz CT molecular complexity index is 1440. The van der Waals surface area contributed by atoms with Crippen LogP contribution in [0.1, 0.15) is 52.7 Å². The first kappa shape index (κ1) is 27.7. The molecule has 3 atom stereocenters. The van der Waals surface area contributed by atoms with E-state index >= 15 is 0 Å². The Balaban J connectivity index is 1.14. The summed E-state index contributed by atoms with van der Waals surface area (Å²) in [6.07, 6.45) is 3.90. The molecule has 7 nitrogen and oxygen atoms in total. The van der Waals surface area contributed by atoms with Gasteiger partial charge in [0.2, 0.25) is 0 Å². The van der Waals surface area contributed by atoms with E-state index in [0.29, 0.717) is 49.6 Å². The number of nitrogens with zero attached hydrogens (tertiary/aromatic N) is 4. The number of aromatic nitrogens is 1. The fraction of sp³-hybridized carbons (Fsp3) is 0.485. The van der Waals surface area contributed by atoms with Crippen molar-refractivity contribution in [3.63, 3.8) is 0 Å². The molecule has 1 amide bonds. The maximum absolute atomic E-state index is 13.0. The maximum atomic E-state index is 13.0. The van der Waals surface area contributed by atoms with E-state index < -0.39 is 0 Å². The molecular weight excluding hydrogens is 532 g/mol. The zero-order chi connectivity index (χ0) is 28.5. The number of carbonyl (C=O) groups excluding carboxylic acids is 1. The van der Waals surface area contributed by atoms with Crippen molar-refractivity contribution in [3.05, 3.63) is 64.0 Å². The third kappa shape index (κ3) is 5.71. The van der Waals surface area contributed by atoms with Gasteiger partial charge in [-0.1, -0.05) is 17.7 Å². The van der Waals surface area contributed by atoms with Crippen LogP contribution in [0.2, 0.25) is 0 Å². The number of aliphatic hydroxyl groups is 1. The van der Waals surface area contributed by atoms with Crippen molar-refractivity contribution in [2.75, 3.05) is 37.7 Å². The third-order valence-electron chi connectivity index (χ3n) is 9.35. The number of rotatable bonds is 7. The van der Waals surface area contributed by atoms with Crippen LogP contribution >= 0.6 is 11.3 Å². The molecule has 214 valence electrons. The van der Waals surface area contributed by atoms with Gasteiger partial charge in [-0.2, -0.15) is 5.26 Å². The molecule has 2 aromatic carbocycles. The number of nitriles is 1. The number of aryl methyl sites for hydroxylation is 2. The van der Waals surface area contributed by atoms with Gasteiger partial charge in [0.1, 0.15) is 12.4 Å². The highest BCUT2D eigenvalue weighted by Crippen LogP contribution is 2.44. The third-order valence-corrected chi connectivity index (χ3v) is 10.3. The van der Waals surface area contributed by atoms with Crippen molar-refractivity contribution in [2.45, 2.75) is 46.1 Å². The van der Waals surface area contributed by atoms with Crippen molar-refractivity contribution in [3.8, 4) is 23.1 Å². The minimum Gasteiger partial charge on any atom is -0.488 e. The van der Waals surface area contributed by atoms with Crippen LogP contribution in [0.15, 0.2) is 41.8 Å². The Hall–Kier alpha value is -3.41. The number of ether oxygens (including phenoxy) is 1. The molecule has 1 saturated carbocycles. The Morgan fingerprint density at radius 2 is 1.85 bits per heavy atom. The molecule has 2 bridgehead atoms. The molecular formula is C33H38N4O3S. The van der Waals surface area contributed by atoms with Crippen molar-refractivity contribution in [1.29, 1.82) is 5.26 Å². The number of hydrogen-bond donors (Lipinski definition) is 1. The summed E-state index contributed by atoms with van der Waals surface area (Å²) < 4.78 is 6.38. The van der Waals surface area contributed by atoms with Crippen molar-refractivity contribution >= 4 is 22.4 Å². The molecule has 1 aromatic heterocycles. The molecule has 3 heterocycles. The largest absolute Gasteiger partial charge is 0.488 e. The molecule has 3 aromatic rings. The SMILES string of the molecule is Cc1ccc(OCc2ccc(C(=O)N3CCC(C#N)CC3)cc2C)c(-c2csc(N3C[C@H]4CC[C@@H](C3)[C@H]4CO)n2)c1. The van der Waals surface area contributed by atoms with Crippen molar-refractivity contribution in [1.82, 2.24) is 9.88 Å². The summed E-state index contributed by atoms with van der Waals surface area (Å²) in [6, 6.07) is 14.4. The summed E-state index contributed by atoms with van der Waals surface area (Å²) in [7, 11) is 0. The van der Waals surface area contributed by atoms with Crippen LogP contribution in [0, 0.1) is 48.9 Å². The van der Waals surface area contributed by atoms with E-state index in [-0.39, 0.29) is 11.8 Å². The van der Waals surface area contributed by atoms with E-state index in [1.807, 2.05) is 36.1 Å².